The lowest BCUT2D eigenvalue weighted by Gasteiger charge is -2.24. The molecule has 2 aromatic rings. The Kier molecular flexibility index (Phi) is 5.47. The molecule has 5 nitrogen and oxygen atoms in total. The number of hydrogen-bond acceptors (Lipinski definition) is 3. The van der Waals surface area contributed by atoms with Crippen LogP contribution in [0.25, 0.3) is 0 Å². The van der Waals surface area contributed by atoms with Crippen LogP contribution in [0.3, 0.4) is 0 Å². The third-order valence-corrected chi connectivity index (χ3v) is 5.32. The molecule has 1 saturated heterocycles. The summed E-state index contributed by atoms with van der Waals surface area (Å²) in [6.07, 6.45) is 3.10. The van der Waals surface area contributed by atoms with Gasteiger partial charge in [0.05, 0.1) is 6.61 Å². The molecular formula is C22H27N3O2. The molecule has 0 unspecified atom stereocenters. The number of anilines is 1. The highest BCUT2D eigenvalue weighted by Gasteiger charge is 2.19. The molecule has 142 valence electrons. The number of nitrogens with one attached hydrogen (secondary N) is 1. The Balaban J connectivity index is 1.31. The number of para-hydroxylation sites is 1. The van der Waals surface area contributed by atoms with E-state index in [9.17, 15) is 4.79 Å². The van der Waals surface area contributed by atoms with Crippen molar-refractivity contribution in [3.63, 3.8) is 0 Å². The number of carbonyl (C=O) groups is 1. The number of fused-ring (bicyclic) bond motifs is 1. The quantitative estimate of drug-likeness (QED) is 0.906. The van der Waals surface area contributed by atoms with E-state index in [2.05, 4.69) is 40.5 Å². The second-order valence-corrected chi connectivity index (χ2v) is 7.22. The van der Waals surface area contributed by atoms with Crippen LogP contribution in [-0.2, 0) is 13.0 Å². The largest absolute Gasteiger partial charge is 0.493 e. The fourth-order valence-electron chi connectivity index (χ4n) is 3.83. The summed E-state index contributed by atoms with van der Waals surface area (Å²) < 4.78 is 5.66. The van der Waals surface area contributed by atoms with Gasteiger partial charge in [-0.25, -0.2) is 4.79 Å². The van der Waals surface area contributed by atoms with E-state index < -0.39 is 0 Å². The average molecular weight is 365 g/mol. The van der Waals surface area contributed by atoms with Gasteiger partial charge in [0.2, 0.25) is 0 Å². The monoisotopic (exact) mass is 365 g/mol. The van der Waals surface area contributed by atoms with Crippen molar-refractivity contribution >= 4 is 11.7 Å². The summed E-state index contributed by atoms with van der Waals surface area (Å²) in [4.78, 5) is 16.9. The predicted molar refractivity (Wildman–Crippen MR) is 107 cm³/mol. The Morgan fingerprint density at radius 3 is 2.78 bits per heavy atom. The highest BCUT2D eigenvalue weighted by Crippen LogP contribution is 2.25. The Bertz CT molecular complexity index is 778. The second-order valence-electron chi connectivity index (χ2n) is 7.22. The Hall–Kier alpha value is -2.69. The van der Waals surface area contributed by atoms with E-state index >= 15 is 0 Å². The lowest BCUT2D eigenvalue weighted by atomic mass is 10.0. The van der Waals surface area contributed by atoms with Crippen molar-refractivity contribution in [2.45, 2.75) is 25.8 Å². The first-order chi connectivity index (χ1) is 13.3. The molecule has 2 heterocycles. The molecule has 0 aromatic heterocycles. The van der Waals surface area contributed by atoms with Crippen molar-refractivity contribution < 1.29 is 9.53 Å². The van der Waals surface area contributed by atoms with Gasteiger partial charge in [0, 0.05) is 38.4 Å². The van der Waals surface area contributed by atoms with E-state index in [1.165, 1.54) is 11.3 Å². The number of ether oxygens (including phenoxy) is 1. The van der Waals surface area contributed by atoms with Crippen molar-refractivity contribution in [1.82, 2.24) is 10.2 Å². The molecule has 4 rings (SSSR count). The number of amides is 2. The Morgan fingerprint density at radius 1 is 1.00 bits per heavy atom. The van der Waals surface area contributed by atoms with Gasteiger partial charge in [0.15, 0.2) is 0 Å². The molecule has 0 aliphatic carbocycles. The third-order valence-electron chi connectivity index (χ3n) is 5.32. The van der Waals surface area contributed by atoms with Gasteiger partial charge < -0.3 is 19.9 Å². The lowest BCUT2D eigenvalue weighted by molar-refractivity contribution is 0.201. The number of rotatable bonds is 3. The zero-order valence-electron chi connectivity index (χ0n) is 15.7. The maximum atomic E-state index is 12.6. The molecular weight excluding hydrogens is 338 g/mol. The summed E-state index contributed by atoms with van der Waals surface area (Å²) in [7, 11) is 0. The van der Waals surface area contributed by atoms with Crippen LogP contribution in [-0.4, -0.2) is 43.7 Å². The van der Waals surface area contributed by atoms with Crippen molar-refractivity contribution in [3.05, 3.63) is 59.7 Å². The number of nitrogens with zero attached hydrogens (tertiary/aromatic N) is 2. The van der Waals surface area contributed by atoms with E-state index in [-0.39, 0.29) is 6.03 Å². The van der Waals surface area contributed by atoms with Gasteiger partial charge in [-0.3, -0.25) is 0 Å². The average Bonchev–Trinajstić information content (AvgIpc) is 2.99. The summed E-state index contributed by atoms with van der Waals surface area (Å²) in [6, 6.07) is 16.7. The van der Waals surface area contributed by atoms with Crippen molar-refractivity contribution in [3.8, 4) is 5.75 Å². The normalized spacial score (nSPS) is 16.9. The highest BCUT2D eigenvalue weighted by molar-refractivity contribution is 5.74. The summed E-state index contributed by atoms with van der Waals surface area (Å²) in [5.74, 6) is 0.991. The first kappa shape index (κ1) is 17.7. The minimum absolute atomic E-state index is 0.0267. The fourth-order valence-corrected chi connectivity index (χ4v) is 3.83. The van der Waals surface area contributed by atoms with E-state index in [0.29, 0.717) is 6.54 Å². The van der Waals surface area contributed by atoms with Gasteiger partial charge >= 0.3 is 6.03 Å². The summed E-state index contributed by atoms with van der Waals surface area (Å²) >= 11 is 0. The molecule has 0 bridgehead atoms. The van der Waals surface area contributed by atoms with E-state index in [0.717, 1.165) is 63.4 Å². The number of carbonyl (C=O) groups excluding carboxylic acids is 1. The zero-order chi connectivity index (χ0) is 18.5. The van der Waals surface area contributed by atoms with Crippen LogP contribution in [0.1, 0.15) is 24.0 Å². The molecule has 5 heteroatoms. The fraction of sp³-hybridized carbons (Fsp3) is 0.409. The molecule has 1 N–H and O–H groups in total. The smallest absolute Gasteiger partial charge is 0.317 e. The first-order valence-electron chi connectivity index (χ1n) is 9.87. The van der Waals surface area contributed by atoms with Gasteiger partial charge in [-0.2, -0.15) is 0 Å². The summed E-state index contributed by atoms with van der Waals surface area (Å²) in [5, 5.41) is 3.09. The number of aryl methyl sites for hydroxylation is 1. The van der Waals surface area contributed by atoms with Crippen LogP contribution >= 0.6 is 0 Å². The van der Waals surface area contributed by atoms with Gasteiger partial charge in [-0.15, -0.1) is 0 Å². The van der Waals surface area contributed by atoms with Gasteiger partial charge in [0.1, 0.15) is 5.75 Å². The SMILES string of the molecule is O=C(NCc1ccc2c(c1)CCCO2)N1CCCN(c2ccccc2)CC1. The van der Waals surface area contributed by atoms with E-state index in [1.807, 2.05) is 23.1 Å². The van der Waals surface area contributed by atoms with Crippen LogP contribution < -0.4 is 15.0 Å². The predicted octanol–water partition coefficient (Wildman–Crippen LogP) is 3.43. The third kappa shape index (κ3) is 4.35. The maximum Gasteiger partial charge on any atom is 0.317 e. The molecule has 0 radical (unpaired) electrons. The number of hydrogen-bond donors (Lipinski definition) is 1. The summed E-state index contributed by atoms with van der Waals surface area (Å²) in [5.41, 5.74) is 3.62. The van der Waals surface area contributed by atoms with Crippen LogP contribution in [0.2, 0.25) is 0 Å². The molecule has 2 aliphatic rings. The standard InChI is InChI=1S/C22H27N3O2/c26-22(23-17-18-9-10-21-19(16-18)6-4-15-27-21)25-12-5-11-24(13-14-25)20-7-2-1-3-8-20/h1-3,7-10,16H,4-6,11-15,17H2,(H,23,26). The van der Waals surface area contributed by atoms with Gasteiger partial charge in [0.25, 0.3) is 0 Å². The van der Waals surface area contributed by atoms with E-state index in [1.54, 1.807) is 0 Å². The molecule has 0 atom stereocenters. The van der Waals surface area contributed by atoms with Crippen LogP contribution in [0, 0.1) is 0 Å². The molecule has 0 spiro atoms. The molecule has 27 heavy (non-hydrogen) atoms. The zero-order valence-corrected chi connectivity index (χ0v) is 15.7. The minimum atomic E-state index is 0.0267. The first-order valence-corrected chi connectivity index (χ1v) is 9.87. The molecule has 2 aliphatic heterocycles. The number of benzene rings is 2. The van der Waals surface area contributed by atoms with Crippen molar-refractivity contribution in [2.24, 2.45) is 0 Å². The highest BCUT2D eigenvalue weighted by atomic mass is 16.5. The van der Waals surface area contributed by atoms with Crippen molar-refractivity contribution in [1.29, 1.82) is 0 Å². The Morgan fingerprint density at radius 2 is 1.89 bits per heavy atom. The van der Waals surface area contributed by atoms with Gasteiger partial charge in [-0.05, 0) is 48.6 Å². The number of urea groups is 1. The van der Waals surface area contributed by atoms with Gasteiger partial charge in [-0.1, -0.05) is 30.3 Å². The van der Waals surface area contributed by atoms with Crippen LogP contribution in [0.5, 0.6) is 5.75 Å². The molecule has 1 fully saturated rings. The topological polar surface area (TPSA) is 44.8 Å². The molecule has 2 amide bonds. The van der Waals surface area contributed by atoms with Crippen LogP contribution in [0.15, 0.2) is 48.5 Å². The van der Waals surface area contributed by atoms with Crippen molar-refractivity contribution in [2.75, 3.05) is 37.7 Å². The molecule has 0 saturated carbocycles. The maximum absolute atomic E-state index is 12.6. The lowest BCUT2D eigenvalue weighted by Crippen LogP contribution is -2.41. The molecule has 2 aromatic carbocycles. The minimum Gasteiger partial charge on any atom is -0.493 e. The van der Waals surface area contributed by atoms with Crippen LogP contribution in [0.4, 0.5) is 10.5 Å². The summed E-state index contributed by atoms with van der Waals surface area (Å²) in [6.45, 7) is 4.77. The Labute approximate surface area is 160 Å². The second kappa shape index (κ2) is 8.33. The van der Waals surface area contributed by atoms with E-state index in [4.69, 9.17) is 4.74 Å².